The van der Waals surface area contributed by atoms with Gasteiger partial charge in [-0.2, -0.15) is 5.26 Å². The maximum Gasteiger partial charge on any atom is 0.336 e. The van der Waals surface area contributed by atoms with Gasteiger partial charge in [0.05, 0.1) is 5.56 Å². The minimum absolute atomic E-state index is 0.0839. The molecule has 1 aromatic heterocycles. The largest absolute Gasteiger partial charge is 0.478 e. The van der Waals surface area contributed by atoms with Gasteiger partial charge in [0.15, 0.2) is 0 Å². The van der Waals surface area contributed by atoms with E-state index in [1.54, 1.807) is 12.1 Å². The molecule has 110 valence electrons. The van der Waals surface area contributed by atoms with Crippen LogP contribution in [0.5, 0.6) is 0 Å². The van der Waals surface area contributed by atoms with Crippen molar-refractivity contribution < 1.29 is 14.7 Å². The van der Waals surface area contributed by atoms with Gasteiger partial charge in [-0.3, -0.25) is 4.79 Å². The van der Waals surface area contributed by atoms with E-state index in [4.69, 9.17) is 10.4 Å². The average molecular weight is 312 g/mol. The predicted octanol–water partition coefficient (Wildman–Crippen LogP) is 3.30. The topological polar surface area (TPSA) is 90.2 Å². The first-order valence-electron chi connectivity index (χ1n) is 6.31. The number of aryl methyl sites for hydroxylation is 1. The van der Waals surface area contributed by atoms with Gasteiger partial charge in [0.25, 0.3) is 5.91 Å². The lowest BCUT2D eigenvalue weighted by atomic mass is 10.2. The highest BCUT2D eigenvalue weighted by Gasteiger charge is 2.11. The van der Waals surface area contributed by atoms with Gasteiger partial charge in [0, 0.05) is 15.9 Å². The molecule has 1 amide bonds. The quantitative estimate of drug-likeness (QED) is 0.669. The third kappa shape index (κ3) is 3.81. The van der Waals surface area contributed by atoms with E-state index < -0.39 is 11.9 Å². The third-order valence-corrected chi connectivity index (χ3v) is 3.71. The number of rotatable bonds is 4. The van der Waals surface area contributed by atoms with Crippen molar-refractivity contribution in [2.75, 3.05) is 5.32 Å². The minimum Gasteiger partial charge on any atom is -0.478 e. The van der Waals surface area contributed by atoms with Crippen molar-refractivity contribution >= 4 is 35.0 Å². The van der Waals surface area contributed by atoms with Gasteiger partial charge in [0.1, 0.15) is 11.6 Å². The van der Waals surface area contributed by atoms with E-state index in [0.717, 1.165) is 16.9 Å². The van der Waals surface area contributed by atoms with E-state index in [2.05, 4.69) is 5.32 Å². The average Bonchev–Trinajstić information content (AvgIpc) is 2.96. The standard InChI is InChI=1S/C16H12N2O3S/c1-10-2-4-13(5-3-10)18-15(19)11(8-17)6-14-7-12(9-22-14)16(20)21/h2-7,9H,1H3,(H,18,19)(H,20,21)/b11-6-. The fraction of sp³-hybridized carbons (Fsp3) is 0.0625. The summed E-state index contributed by atoms with van der Waals surface area (Å²) in [6.45, 7) is 1.93. The normalized spacial score (nSPS) is 10.8. The first kappa shape index (κ1) is 15.5. The molecule has 5 nitrogen and oxygen atoms in total. The molecule has 0 atom stereocenters. The van der Waals surface area contributed by atoms with E-state index in [9.17, 15) is 9.59 Å². The van der Waals surface area contributed by atoms with E-state index >= 15 is 0 Å². The zero-order valence-electron chi connectivity index (χ0n) is 11.7. The number of amides is 1. The van der Waals surface area contributed by atoms with Gasteiger partial charge in [-0.15, -0.1) is 11.3 Å². The van der Waals surface area contributed by atoms with E-state index in [1.165, 1.54) is 17.5 Å². The smallest absolute Gasteiger partial charge is 0.336 e. The zero-order chi connectivity index (χ0) is 16.1. The van der Waals surface area contributed by atoms with Crippen LogP contribution >= 0.6 is 11.3 Å². The molecule has 0 aliphatic carbocycles. The molecule has 0 aliphatic rings. The second-order valence-corrected chi connectivity index (χ2v) is 5.48. The highest BCUT2D eigenvalue weighted by atomic mass is 32.1. The van der Waals surface area contributed by atoms with Crippen molar-refractivity contribution in [3.05, 3.63) is 57.3 Å². The first-order valence-corrected chi connectivity index (χ1v) is 7.19. The highest BCUT2D eigenvalue weighted by Crippen LogP contribution is 2.19. The van der Waals surface area contributed by atoms with Crippen LogP contribution < -0.4 is 5.32 Å². The predicted molar refractivity (Wildman–Crippen MR) is 84.7 cm³/mol. The lowest BCUT2D eigenvalue weighted by molar-refractivity contribution is -0.112. The molecule has 0 saturated carbocycles. The van der Waals surface area contributed by atoms with Gasteiger partial charge in [-0.25, -0.2) is 4.79 Å². The fourth-order valence-electron chi connectivity index (χ4n) is 1.67. The van der Waals surface area contributed by atoms with Crippen LogP contribution in [-0.4, -0.2) is 17.0 Å². The van der Waals surface area contributed by atoms with Gasteiger partial charge in [0.2, 0.25) is 0 Å². The molecule has 1 heterocycles. The monoisotopic (exact) mass is 312 g/mol. The van der Waals surface area contributed by atoms with Crippen LogP contribution in [0.4, 0.5) is 5.69 Å². The summed E-state index contributed by atoms with van der Waals surface area (Å²) in [5, 5.41) is 22.1. The Morgan fingerprint density at radius 3 is 2.55 bits per heavy atom. The number of aromatic carboxylic acids is 1. The SMILES string of the molecule is Cc1ccc(NC(=O)/C(C#N)=C\c2cc(C(=O)O)cs2)cc1. The maximum absolute atomic E-state index is 12.1. The lowest BCUT2D eigenvalue weighted by Crippen LogP contribution is -2.13. The van der Waals surface area contributed by atoms with Crippen molar-refractivity contribution in [2.24, 2.45) is 0 Å². The van der Waals surface area contributed by atoms with Crippen molar-refractivity contribution in [1.29, 1.82) is 5.26 Å². The number of carboxylic acids is 1. The molecule has 0 bridgehead atoms. The van der Waals surface area contributed by atoms with Gasteiger partial charge >= 0.3 is 5.97 Å². The summed E-state index contributed by atoms with van der Waals surface area (Å²) in [5.41, 5.74) is 1.70. The van der Waals surface area contributed by atoms with Gasteiger partial charge < -0.3 is 10.4 Å². The second-order valence-electron chi connectivity index (χ2n) is 4.53. The van der Waals surface area contributed by atoms with Crippen LogP contribution in [0.1, 0.15) is 20.8 Å². The molecule has 0 aliphatic heterocycles. The van der Waals surface area contributed by atoms with Gasteiger partial charge in [-0.05, 0) is 31.2 Å². The number of hydrogen-bond acceptors (Lipinski definition) is 4. The van der Waals surface area contributed by atoms with Crippen LogP contribution in [0.2, 0.25) is 0 Å². The summed E-state index contributed by atoms with van der Waals surface area (Å²) >= 11 is 1.16. The molecule has 2 rings (SSSR count). The number of benzene rings is 1. The van der Waals surface area contributed by atoms with Crippen molar-refractivity contribution in [1.82, 2.24) is 0 Å². The number of thiophene rings is 1. The number of nitriles is 1. The fourth-order valence-corrected chi connectivity index (χ4v) is 2.48. The number of carbonyl (C=O) groups excluding carboxylic acids is 1. The van der Waals surface area contributed by atoms with Crippen LogP contribution in [0.3, 0.4) is 0 Å². The summed E-state index contributed by atoms with van der Waals surface area (Å²) in [7, 11) is 0. The minimum atomic E-state index is -1.04. The van der Waals surface area contributed by atoms with Crippen molar-refractivity contribution in [3.8, 4) is 6.07 Å². The number of nitrogens with zero attached hydrogens (tertiary/aromatic N) is 1. The first-order chi connectivity index (χ1) is 10.5. The number of carbonyl (C=O) groups is 2. The van der Waals surface area contributed by atoms with E-state index in [1.807, 2.05) is 25.1 Å². The second kappa shape index (κ2) is 6.70. The molecule has 2 aromatic rings. The van der Waals surface area contributed by atoms with Gasteiger partial charge in [-0.1, -0.05) is 17.7 Å². The van der Waals surface area contributed by atoms with Crippen LogP contribution in [0.25, 0.3) is 6.08 Å². The Balaban J connectivity index is 2.17. The number of nitrogens with one attached hydrogen (secondary N) is 1. The van der Waals surface area contributed by atoms with E-state index in [0.29, 0.717) is 10.6 Å². The van der Waals surface area contributed by atoms with Crippen LogP contribution in [-0.2, 0) is 4.79 Å². The van der Waals surface area contributed by atoms with Crippen LogP contribution in [0, 0.1) is 18.3 Å². The molecule has 22 heavy (non-hydrogen) atoms. The molecular weight excluding hydrogens is 300 g/mol. The van der Waals surface area contributed by atoms with Crippen molar-refractivity contribution in [3.63, 3.8) is 0 Å². The Morgan fingerprint density at radius 1 is 1.32 bits per heavy atom. The number of hydrogen-bond donors (Lipinski definition) is 2. The molecule has 0 unspecified atom stereocenters. The molecule has 0 spiro atoms. The Labute approximate surface area is 131 Å². The molecule has 0 saturated heterocycles. The zero-order valence-corrected chi connectivity index (χ0v) is 12.5. The molecule has 0 fully saturated rings. The Kier molecular flexibility index (Phi) is 4.71. The van der Waals surface area contributed by atoms with E-state index in [-0.39, 0.29) is 11.1 Å². The molecule has 2 N–H and O–H groups in total. The van der Waals surface area contributed by atoms with Crippen molar-refractivity contribution in [2.45, 2.75) is 6.92 Å². The molecule has 0 radical (unpaired) electrons. The number of anilines is 1. The van der Waals surface area contributed by atoms with Crippen LogP contribution in [0.15, 0.2) is 41.3 Å². The molecule has 1 aromatic carbocycles. The Morgan fingerprint density at radius 2 is 2.00 bits per heavy atom. The summed E-state index contributed by atoms with van der Waals surface area (Å²) in [6, 6.07) is 10.4. The molecule has 6 heteroatoms. The summed E-state index contributed by atoms with van der Waals surface area (Å²) in [4.78, 5) is 23.4. The third-order valence-electron chi connectivity index (χ3n) is 2.83. The Hall–Kier alpha value is -2.91. The summed E-state index contributed by atoms with van der Waals surface area (Å²) < 4.78 is 0. The summed E-state index contributed by atoms with van der Waals surface area (Å²) in [6.07, 6.45) is 1.38. The highest BCUT2D eigenvalue weighted by molar-refractivity contribution is 7.11. The maximum atomic E-state index is 12.1. The summed E-state index contributed by atoms with van der Waals surface area (Å²) in [5.74, 6) is -1.57. The number of carboxylic acid groups (broad SMARTS) is 1. The molecular formula is C16H12N2O3S. The Bertz CT molecular complexity index is 782. The lowest BCUT2D eigenvalue weighted by Gasteiger charge is -2.04.